The molecule has 1 fully saturated rings. The first kappa shape index (κ1) is 22.2. The highest BCUT2D eigenvalue weighted by Crippen LogP contribution is 2.41. The molecule has 1 unspecified atom stereocenters. The smallest absolute Gasteiger partial charge is 0.226 e. The maximum Gasteiger partial charge on any atom is 0.226 e. The fourth-order valence-corrected chi connectivity index (χ4v) is 6.26. The van der Waals surface area contributed by atoms with Crippen LogP contribution in [0.2, 0.25) is 0 Å². The number of aryl methyl sites for hydroxylation is 2. The van der Waals surface area contributed by atoms with Gasteiger partial charge < -0.3 is 15.1 Å². The van der Waals surface area contributed by atoms with Gasteiger partial charge in [-0.05, 0) is 69.0 Å². The number of aromatic nitrogens is 3. The van der Waals surface area contributed by atoms with Gasteiger partial charge in [0, 0.05) is 36.1 Å². The largest absolute Gasteiger partial charge is 0.339 e. The van der Waals surface area contributed by atoms with Crippen molar-refractivity contribution in [2.45, 2.75) is 52.0 Å². The third kappa shape index (κ3) is 4.10. The zero-order chi connectivity index (χ0) is 23.3. The molecular formula is C25H32N6OS. The van der Waals surface area contributed by atoms with Gasteiger partial charge in [0.1, 0.15) is 22.8 Å². The maximum absolute atomic E-state index is 13.1. The van der Waals surface area contributed by atoms with E-state index in [9.17, 15) is 4.79 Å². The molecule has 1 atom stereocenters. The number of amides is 1. The van der Waals surface area contributed by atoms with Gasteiger partial charge in [0.15, 0.2) is 0 Å². The first-order valence-corrected chi connectivity index (χ1v) is 12.6. The second-order valence-corrected chi connectivity index (χ2v) is 11.0. The van der Waals surface area contributed by atoms with Crippen LogP contribution in [0, 0.1) is 12.8 Å². The summed E-state index contributed by atoms with van der Waals surface area (Å²) in [5.41, 5.74) is 3.78. The van der Waals surface area contributed by atoms with Crippen molar-refractivity contribution < 1.29 is 4.79 Å². The summed E-state index contributed by atoms with van der Waals surface area (Å²) in [5, 5.41) is 4.53. The quantitative estimate of drug-likeness (QED) is 0.612. The van der Waals surface area contributed by atoms with Crippen molar-refractivity contribution in [1.82, 2.24) is 24.8 Å². The Morgan fingerprint density at radius 3 is 2.73 bits per heavy atom. The minimum absolute atomic E-state index is 0.0749. The summed E-state index contributed by atoms with van der Waals surface area (Å²) >= 11 is 1.71. The highest BCUT2D eigenvalue weighted by atomic mass is 32.1. The first-order valence-electron chi connectivity index (χ1n) is 11.8. The Kier molecular flexibility index (Phi) is 5.82. The number of hydrogen-bond acceptors (Lipinski definition) is 7. The summed E-state index contributed by atoms with van der Waals surface area (Å²) in [6.07, 6.45) is 6.15. The van der Waals surface area contributed by atoms with Crippen LogP contribution in [-0.4, -0.2) is 63.9 Å². The van der Waals surface area contributed by atoms with Gasteiger partial charge in [0.05, 0.1) is 5.39 Å². The first-order chi connectivity index (χ1) is 15.8. The van der Waals surface area contributed by atoms with Crippen molar-refractivity contribution in [2.75, 3.05) is 32.5 Å². The molecule has 5 rings (SSSR count). The van der Waals surface area contributed by atoms with Crippen LogP contribution >= 0.6 is 11.3 Å². The Bertz CT molecular complexity index is 1200. The zero-order valence-electron chi connectivity index (χ0n) is 20.1. The molecule has 174 valence electrons. The average molecular weight is 465 g/mol. The zero-order valence-corrected chi connectivity index (χ0v) is 20.9. The predicted molar refractivity (Wildman–Crippen MR) is 133 cm³/mol. The molecule has 0 bridgehead atoms. The van der Waals surface area contributed by atoms with Crippen molar-refractivity contribution in [3.8, 4) is 0 Å². The molecule has 0 aromatic carbocycles. The normalized spacial score (nSPS) is 18.6. The number of thiophene rings is 1. The summed E-state index contributed by atoms with van der Waals surface area (Å²) in [4.78, 5) is 33.3. The van der Waals surface area contributed by atoms with E-state index >= 15 is 0 Å². The van der Waals surface area contributed by atoms with Gasteiger partial charge in [-0.2, -0.15) is 0 Å². The van der Waals surface area contributed by atoms with E-state index in [-0.39, 0.29) is 5.92 Å². The Labute approximate surface area is 199 Å². The molecule has 8 heteroatoms. The molecule has 1 saturated heterocycles. The standard InChI is InChI=1S/C25H32N6OS/c1-14(2)19-10-26-21(8-15(19)3)29-23-22-18-7-6-16(9-20(18)33-24(22)28-13-27-23)25(32)31-11-17(12-31)30(4)5/h8,10,13-14,16-17H,6-7,9,11-12H2,1-5H3,(H,26,27,28,29). The van der Waals surface area contributed by atoms with E-state index in [1.807, 2.05) is 11.1 Å². The number of likely N-dealkylation sites (tertiary alicyclic amines) is 1. The lowest BCUT2D eigenvalue weighted by atomic mass is 9.86. The summed E-state index contributed by atoms with van der Waals surface area (Å²) in [5.74, 6) is 2.44. The SMILES string of the molecule is Cc1cc(Nc2ncnc3sc4c(c23)CCC(C(=O)N2CC(N(C)C)C2)C4)ncc1C(C)C. The van der Waals surface area contributed by atoms with E-state index in [0.717, 1.165) is 54.2 Å². The molecule has 3 aromatic heterocycles. The van der Waals surface area contributed by atoms with E-state index in [1.54, 1.807) is 17.7 Å². The van der Waals surface area contributed by atoms with Crippen molar-refractivity contribution >= 4 is 39.1 Å². The van der Waals surface area contributed by atoms with Crippen LogP contribution in [-0.2, 0) is 17.6 Å². The highest BCUT2D eigenvalue weighted by Gasteiger charge is 2.37. The molecule has 1 aliphatic heterocycles. The van der Waals surface area contributed by atoms with Gasteiger partial charge in [-0.1, -0.05) is 13.8 Å². The molecule has 4 heterocycles. The number of nitrogens with zero attached hydrogens (tertiary/aromatic N) is 5. The lowest BCUT2D eigenvalue weighted by Gasteiger charge is -2.44. The molecule has 33 heavy (non-hydrogen) atoms. The minimum atomic E-state index is 0.0749. The van der Waals surface area contributed by atoms with Crippen LogP contribution in [0.5, 0.6) is 0 Å². The summed E-state index contributed by atoms with van der Waals surface area (Å²) in [7, 11) is 4.16. The summed E-state index contributed by atoms with van der Waals surface area (Å²) < 4.78 is 0. The Morgan fingerprint density at radius 2 is 2.03 bits per heavy atom. The molecule has 0 spiro atoms. The van der Waals surface area contributed by atoms with Gasteiger partial charge in [-0.3, -0.25) is 4.79 Å². The molecule has 1 aliphatic carbocycles. The molecule has 2 aliphatic rings. The molecular weight excluding hydrogens is 432 g/mol. The maximum atomic E-state index is 13.1. The van der Waals surface area contributed by atoms with Gasteiger partial charge >= 0.3 is 0 Å². The highest BCUT2D eigenvalue weighted by molar-refractivity contribution is 7.19. The van der Waals surface area contributed by atoms with Crippen LogP contribution in [0.1, 0.15) is 47.8 Å². The number of pyridine rings is 1. The van der Waals surface area contributed by atoms with Crippen LogP contribution in [0.4, 0.5) is 11.6 Å². The van der Waals surface area contributed by atoms with Crippen molar-refractivity contribution in [3.05, 3.63) is 40.2 Å². The monoisotopic (exact) mass is 464 g/mol. The van der Waals surface area contributed by atoms with E-state index < -0.39 is 0 Å². The lowest BCUT2D eigenvalue weighted by molar-refractivity contribution is -0.142. The Hall–Kier alpha value is -2.58. The number of hydrogen-bond donors (Lipinski definition) is 1. The number of carbonyl (C=O) groups excluding carboxylic acids is 1. The van der Waals surface area contributed by atoms with Crippen LogP contribution < -0.4 is 5.32 Å². The average Bonchev–Trinajstić information content (AvgIpc) is 3.10. The molecule has 1 N–H and O–H groups in total. The number of likely N-dealkylation sites (N-methyl/N-ethyl adjacent to an activating group) is 1. The second-order valence-electron chi connectivity index (χ2n) is 9.91. The summed E-state index contributed by atoms with van der Waals surface area (Å²) in [6, 6.07) is 2.58. The van der Waals surface area contributed by atoms with Crippen molar-refractivity contribution in [2.24, 2.45) is 5.92 Å². The Morgan fingerprint density at radius 1 is 1.24 bits per heavy atom. The van der Waals surface area contributed by atoms with Gasteiger partial charge in [-0.25, -0.2) is 15.0 Å². The van der Waals surface area contributed by atoms with E-state index in [0.29, 0.717) is 17.9 Å². The van der Waals surface area contributed by atoms with Gasteiger partial charge in [0.25, 0.3) is 0 Å². The number of anilines is 2. The number of carbonyl (C=O) groups is 1. The number of nitrogens with one attached hydrogen (secondary N) is 1. The van der Waals surface area contributed by atoms with Crippen molar-refractivity contribution in [1.29, 1.82) is 0 Å². The van der Waals surface area contributed by atoms with E-state index in [2.05, 4.69) is 66.1 Å². The third-order valence-corrected chi connectivity index (χ3v) is 8.28. The van der Waals surface area contributed by atoms with Crippen LogP contribution in [0.3, 0.4) is 0 Å². The predicted octanol–water partition coefficient (Wildman–Crippen LogP) is 4.14. The third-order valence-electron chi connectivity index (χ3n) is 7.12. The molecule has 0 radical (unpaired) electrons. The lowest BCUT2D eigenvalue weighted by Crippen LogP contribution is -2.60. The molecule has 3 aromatic rings. The topological polar surface area (TPSA) is 74.2 Å². The molecule has 1 amide bonds. The van der Waals surface area contributed by atoms with Crippen molar-refractivity contribution in [3.63, 3.8) is 0 Å². The minimum Gasteiger partial charge on any atom is -0.339 e. The van der Waals surface area contributed by atoms with Crippen LogP contribution in [0.15, 0.2) is 18.6 Å². The summed E-state index contributed by atoms with van der Waals surface area (Å²) in [6.45, 7) is 8.19. The fourth-order valence-electron chi connectivity index (χ4n) is 5.00. The second kappa shape index (κ2) is 8.65. The van der Waals surface area contributed by atoms with E-state index in [1.165, 1.54) is 21.6 Å². The van der Waals surface area contributed by atoms with Crippen LogP contribution in [0.25, 0.3) is 10.2 Å². The number of fused-ring (bicyclic) bond motifs is 3. The molecule has 7 nitrogen and oxygen atoms in total. The number of rotatable bonds is 5. The fraction of sp³-hybridized carbons (Fsp3) is 0.520. The van der Waals surface area contributed by atoms with E-state index in [4.69, 9.17) is 0 Å². The van der Waals surface area contributed by atoms with Gasteiger partial charge in [-0.15, -0.1) is 11.3 Å². The molecule has 0 saturated carbocycles. The Balaban J connectivity index is 1.37. The van der Waals surface area contributed by atoms with Gasteiger partial charge in [0.2, 0.25) is 5.91 Å².